The van der Waals surface area contributed by atoms with Crippen LogP contribution in [-0.2, 0) is 9.47 Å². The van der Waals surface area contributed by atoms with Gasteiger partial charge in [-0.3, -0.25) is 0 Å². The second-order valence-corrected chi connectivity index (χ2v) is 7.66. The predicted octanol–water partition coefficient (Wildman–Crippen LogP) is 7.22. The van der Waals surface area contributed by atoms with Crippen LogP contribution >= 0.6 is 0 Å². The summed E-state index contributed by atoms with van der Waals surface area (Å²) in [5.41, 5.74) is 0. The van der Waals surface area contributed by atoms with Gasteiger partial charge in [-0.05, 0) is 19.3 Å². The molecule has 3 nitrogen and oxygen atoms in total. The second kappa shape index (κ2) is 20.2. The Kier molecular flexibility index (Phi) is 20.1. The minimum atomic E-state index is 0. The normalized spacial score (nSPS) is 18.4. The average Bonchev–Trinajstić information content (AvgIpc) is 3.22. The highest BCUT2D eigenvalue weighted by Gasteiger charge is 2.20. The van der Waals surface area contributed by atoms with Crippen molar-refractivity contribution < 1.29 is 9.47 Å². The number of hydrogen-bond donors (Lipinski definition) is 1. The average molecular weight is 358 g/mol. The molecule has 0 aliphatic carbocycles. The van der Waals surface area contributed by atoms with Gasteiger partial charge >= 0.3 is 0 Å². The third kappa shape index (κ3) is 20.0. The summed E-state index contributed by atoms with van der Waals surface area (Å²) in [6, 6.07) is 0. The van der Waals surface area contributed by atoms with Crippen LogP contribution in [0.15, 0.2) is 0 Å². The molecule has 2 saturated heterocycles. The summed E-state index contributed by atoms with van der Waals surface area (Å²) < 4.78 is 10.2. The van der Waals surface area contributed by atoms with Crippen molar-refractivity contribution in [2.75, 3.05) is 19.8 Å². The van der Waals surface area contributed by atoms with E-state index in [2.05, 4.69) is 6.92 Å². The van der Waals surface area contributed by atoms with Crippen LogP contribution in [0.3, 0.4) is 0 Å². The molecule has 2 rings (SSSR count). The number of ether oxygens (including phenoxy) is 2. The number of rotatable bonds is 15. The van der Waals surface area contributed by atoms with Crippen LogP contribution in [-0.4, -0.2) is 25.9 Å². The van der Waals surface area contributed by atoms with E-state index in [-0.39, 0.29) is 6.15 Å². The first-order chi connectivity index (χ1) is 11.9. The predicted molar refractivity (Wildman–Crippen MR) is 110 cm³/mol. The third-order valence-corrected chi connectivity index (χ3v) is 5.11. The van der Waals surface area contributed by atoms with Gasteiger partial charge in [0.05, 0.1) is 12.7 Å². The zero-order valence-electron chi connectivity index (χ0n) is 17.2. The highest BCUT2D eigenvalue weighted by atomic mass is 16.6. The van der Waals surface area contributed by atoms with Crippen LogP contribution in [0.1, 0.15) is 116 Å². The van der Waals surface area contributed by atoms with Gasteiger partial charge in [-0.2, -0.15) is 0 Å². The molecule has 2 fully saturated rings. The molecule has 1 unspecified atom stereocenters. The van der Waals surface area contributed by atoms with Crippen molar-refractivity contribution in [1.82, 2.24) is 6.15 Å². The van der Waals surface area contributed by atoms with Gasteiger partial charge in [0.2, 0.25) is 0 Å². The Morgan fingerprint density at radius 1 is 0.640 bits per heavy atom. The summed E-state index contributed by atoms with van der Waals surface area (Å²) in [6.45, 7) is 5.33. The monoisotopic (exact) mass is 357 g/mol. The van der Waals surface area contributed by atoms with E-state index >= 15 is 0 Å². The SMILES string of the molecule is C1CCOC1.CCCCCCCCCCCCCCCCC1CO1.N. The molecule has 1 atom stereocenters. The largest absolute Gasteiger partial charge is 0.381 e. The van der Waals surface area contributed by atoms with Crippen molar-refractivity contribution in [3.63, 3.8) is 0 Å². The molecule has 0 radical (unpaired) electrons. The molecule has 3 heteroatoms. The summed E-state index contributed by atoms with van der Waals surface area (Å²) in [6.07, 6.45) is 24.8. The molecule has 2 heterocycles. The zero-order valence-corrected chi connectivity index (χ0v) is 17.2. The quantitative estimate of drug-likeness (QED) is 0.249. The molecule has 0 spiro atoms. The Morgan fingerprint density at radius 3 is 1.36 bits per heavy atom. The lowest BCUT2D eigenvalue weighted by atomic mass is 10.0. The first-order valence-electron chi connectivity index (χ1n) is 11.1. The summed E-state index contributed by atoms with van der Waals surface area (Å²) >= 11 is 0. The molecule has 0 aromatic heterocycles. The Balaban J connectivity index is 0.000000820. The summed E-state index contributed by atoms with van der Waals surface area (Å²) in [5.74, 6) is 0. The van der Waals surface area contributed by atoms with E-state index in [9.17, 15) is 0 Å². The van der Waals surface area contributed by atoms with E-state index < -0.39 is 0 Å². The summed E-state index contributed by atoms with van der Waals surface area (Å²) in [7, 11) is 0. The van der Waals surface area contributed by atoms with Gasteiger partial charge in [0.1, 0.15) is 0 Å². The first kappa shape index (κ1) is 24.9. The van der Waals surface area contributed by atoms with Crippen molar-refractivity contribution >= 4 is 0 Å². The molecule has 25 heavy (non-hydrogen) atoms. The van der Waals surface area contributed by atoms with E-state index in [1.54, 1.807) is 0 Å². The van der Waals surface area contributed by atoms with Gasteiger partial charge in [-0.1, -0.05) is 96.8 Å². The van der Waals surface area contributed by atoms with E-state index in [0.717, 1.165) is 19.8 Å². The standard InChI is InChI=1S/C18H36O.C4H8O.H3N/c1-2-3-4-5-6-7-8-9-10-11-12-13-14-15-16-18-17-19-18;1-2-4-5-3-1;/h18H,2-17H2,1H3;1-4H2;1H3. The molecule has 0 aromatic carbocycles. The molecular weight excluding hydrogens is 310 g/mol. The van der Waals surface area contributed by atoms with Gasteiger partial charge in [-0.15, -0.1) is 0 Å². The van der Waals surface area contributed by atoms with Crippen molar-refractivity contribution in [1.29, 1.82) is 0 Å². The zero-order chi connectivity index (χ0) is 17.1. The molecule has 3 N–H and O–H groups in total. The number of hydrogen-bond acceptors (Lipinski definition) is 3. The molecule has 0 amide bonds. The van der Waals surface area contributed by atoms with Crippen molar-refractivity contribution in [2.24, 2.45) is 0 Å². The second-order valence-electron chi connectivity index (χ2n) is 7.66. The van der Waals surface area contributed by atoms with Gasteiger partial charge < -0.3 is 15.6 Å². The Bertz CT molecular complexity index is 233. The molecule has 0 bridgehead atoms. The minimum absolute atomic E-state index is 0. The van der Waals surface area contributed by atoms with Gasteiger partial charge in [0.15, 0.2) is 0 Å². The molecule has 152 valence electrons. The maximum absolute atomic E-state index is 5.22. The minimum Gasteiger partial charge on any atom is -0.381 e. The van der Waals surface area contributed by atoms with Crippen molar-refractivity contribution in [3.8, 4) is 0 Å². The van der Waals surface area contributed by atoms with Gasteiger partial charge in [0, 0.05) is 13.2 Å². The van der Waals surface area contributed by atoms with Crippen LogP contribution in [0.2, 0.25) is 0 Å². The fraction of sp³-hybridized carbons (Fsp3) is 1.00. The topological polar surface area (TPSA) is 56.8 Å². The van der Waals surface area contributed by atoms with Gasteiger partial charge in [-0.25, -0.2) is 0 Å². The lowest BCUT2D eigenvalue weighted by Gasteiger charge is -2.03. The Hall–Kier alpha value is -0.120. The molecule has 2 aliphatic heterocycles. The van der Waals surface area contributed by atoms with Crippen LogP contribution in [0.4, 0.5) is 0 Å². The fourth-order valence-electron chi connectivity index (χ4n) is 3.31. The van der Waals surface area contributed by atoms with Gasteiger partial charge in [0.25, 0.3) is 0 Å². The molecule has 0 aromatic rings. The van der Waals surface area contributed by atoms with E-state index in [0.29, 0.717) is 6.10 Å². The van der Waals surface area contributed by atoms with E-state index in [4.69, 9.17) is 9.47 Å². The number of epoxide rings is 1. The van der Waals surface area contributed by atoms with Crippen LogP contribution < -0.4 is 6.15 Å². The summed E-state index contributed by atoms with van der Waals surface area (Å²) in [5, 5.41) is 0. The molecular formula is C22H47NO2. The molecule has 0 saturated carbocycles. The number of unbranched alkanes of at least 4 members (excludes halogenated alkanes) is 13. The lowest BCUT2D eigenvalue weighted by Crippen LogP contribution is -1.86. The smallest absolute Gasteiger partial charge is 0.0810 e. The first-order valence-corrected chi connectivity index (χ1v) is 11.1. The third-order valence-electron chi connectivity index (χ3n) is 5.11. The summed E-state index contributed by atoms with van der Waals surface area (Å²) in [4.78, 5) is 0. The molecule has 2 aliphatic rings. The highest BCUT2D eigenvalue weighted by molar-refractivity contribution is 4.68. The van der Waals surface area contributed by atoms with Crippen molar-refractivity contribution in [3.05, 3.63) is 0 Å². The Morgan fingerprint density at radius 2 is 1.04 bits per heavy atom. The van der Waals surface area contributed by atoms with Crippen LogP contribution in [0.25, 0.3) is 0 Å². The fourth-order valence-corrected chi connectivity index (χ4v) is 3.31. The van der Waals surface area contributed by atoms with E-state index in [1.165, 1.54) is 109 Å². The maximum Gasteiger partial charge on any atom is 0.0810 e. The Labute approximate surface area is 158 Å². The lowest BCUT2D eigenvalue weighted by molar-refractivity contribution is 0.198. The highest BCUT2D eigenvalue weighted by Crippen LogP contribution is 2.18. The van der Waals surface area contributed by atoms with E-state index in [1.807, 2.05) is 0 Å². The maximum atomic E-state index is 5.22. The van der Waals surface area contributed by atoms with Crippen LogP contribution in [0, 0.1) is 0 Å². The van der Waals surface area contributed by atoms with Crippen LogP contribution in [0.5, 0.6) is 0 Å². The van der Waals surface area contributed by atoms with Crippen molar-refractivity contribution in [2.45, 2.75) is 122 Å².